The third kappa shape index (κ3) is 5.23. The van der Waals surface area contributed by atoms with Gasteiger partial charge < -0.3 is 10.1 Å². The zero-order valence-electron chi connectivity index (χ0n) is 19.2. The van der Waals surface area contributed by atoms with Crippen LogP contribution in [0.3, 0.4) is 0 Å². The number of rotatable bonds is 7. The number of carbonyl (C=O) groups excluding carboxylic acids is 1. The van der Waals surface area contributed by atoms with Gasteiger partial charge in [0, 0.05) is 38.2 Å². The molecule has 1 fully saturated rings. The number of nitrogens with one attached hydrogen (secondary N) is 2. The highest BCUT2D eigenvalue weighted by Gasteiger charge is 2.35. The lowest BCUT2D eigenvalue weighted by Gasteiger charge is -2.21. The molecule has 2 aromatic carbocycles. The van der Waals surface area contributed by atoms with Gasteiger partial charge in [-0.15, -0.1) is 0 Å². The largest absolute Gasteiger partial charge is 0.383 e. The maximum atomic E-state index is 13.5. The summed E-state index contributed by atoms with van der Waals surface area (Å²) in [5, 5.41) is 10.8. The van der Waals surface area contributed by atoms with Crippen LogP contribution in [0.1, 0.15) is 22.7 Å². The summed E-state index contributed by atoms with van der Waals surface area (Å²) in [6.07, 6.45) is 0. The van der Waals surface area contributed by atoms with E-state index in [-0.39, 0.29) is 23.8 Å². The molecular weight excluding hydrogens is 421 g/mol. The molecule has 8 heteroatoms. The van der Waals surface area contributed by atoms with Gasteiger partial charge in [0.2, 0.25) is 0 Å². The summed E-state index contributed by atoms with van der Waals surface area (Å²) in [4.78, 5) is 15.4. The number of hydrogen-bond acceptors (Lipinski definition) is 4. The lowest BCUT2D eigenvalue weighted by molar-refractivity contribution is 0.159. The van der Waals surface area contributed by atoms with Crippen molar-refractivity contribution in [2.75, 3.05) is 38.7 Å². The predicted octanol–water partition coefficient (Wildman–Crippen LogP) is 3.86. The van der Waals surface area contributed by atoms with Crippen LogP contribution >= 0.6 is 0 Å². The average molecular weight is 452 g/mol. The Kier molecular flexibility index (Phi) is 7.05. The topological polar surface area (TPSA) is 71.4 Å². The number of benzene rings is 2. The molecule has 2 amide bonds. The van der Waals surface area contributed by atoms with E-state index in [1.54, 1.807) is 23.9 Å². The number of anilines is 1. The quantitative estimate of drug-likeness (QED) is 0.572. The molecule has 0 spiro atoms. The highest BCUT2D eigenvalue weighted by molar-refractivity contribution is 5.90. The summed E-state index contributed by atoms with van der Waals surface area (Å²) >= 11 is 0. The van der Waals surface area contributed by atoms with Crippen LogP contribution in [0.15, 0.2) is 54.6 Å². The molecule has 0 radical (unpaired) electrons. The molecule has 0 saturated carbocycles. The van der Waals surface area contributed by atoms with Crippen LogP contribution in [0.5, 0.6) is 0 Å². The Morgan fingerprint density at radius 2 is 1.85 bits per heavy atom. The van der Waals surface area contributed by atoms with Crippen molar-refractivity contribution >= 4 is 11.8 Å². The summed E-state index contributed by atoms with van der Waals surface area (Å²) in [5.74, 6) is 0.425. The van der Waals surface area contributed by atoms with Gasteiger partial charge >= 0.3 is 6.03 Å². The Balaban J connectivity index is 1.52. The van der Waals surface area contributed by atoms with Crippen molar-refractivity contribution in [3.8, 4) is 5.69 Å². The first-order valence-electron chi connectivity index (χ1n) is 11.1. The highest BCUT2D eigenvalue weighted by atomic mass is 19.1. The van der Waals surface area contributed by atoms with E-state index >= 15 is 0 Å². The molecule has 2 N–H and O–H groups in total. The molecule has 1 aromatic heterocycles. The van der Waals surface area contributed by atoms with Crippen molar-refractivity contribution < 1.29 is 13.9 Å². The Hall–Kier alpha value is -3.23. The van der Waals surface area contributed by atoms with Gasteiger partial charge in [0.25, 0.3) is 0 Å². The number of amides is 2. The second kappa shape index (κ2) is 10.1. The van der Waals surface area contributed by atoms with Crippen molar-refractivity contribution in [2.24, 2.45) is 0 Å². The van der Waals surface area contributed by atoms with Gasteiger partial charge in [-0.3, -0.25) is 10.2 Å². The molecule has 1 saturated heterocycles. The zero-order valence-corrected chi connectivity index (χ0v) is 19.2. The summed E-state index contributed by atoms with van der Waals surface area (Å²) in [6.45, 7) is 6.71. The van der Waals surface area contributed by atoms with E-state index in [4.69, 9.17) is 4.74 Å². The first-order valence-corrected chi connectivity index (χ1v) is 11.1. The van der Waals surface area contributed by atoms with Crippen LogP contribution in [0.25, 0.3) is 5.69 Å². The second-order valence-electron chi connectivity index (χ2n) is 8.42. The fraction of sp³-hybridized carbons (Fsp3) is 0.360. The Bertz CT molecular complexity index is 1080. The second-order valence-corrected chi connectivity index (χ2v) is 8.42. The fourth-order valence-electron chi connectivity index (χ4n) is 4.30. The molecule has 174 valence electrons. The number of nitrogens with zero attached hydrogens (tertiary/aromatic N) is 3. The van der Waals surface area contributed by atoms with Gasteiger partial charge in [-0.2, -0.15) is 5.10 Å². The maximum absolute atomic E-state index is 13.5. The Labute approximate surface area is 193 Å². The summed E-state index contributed by atoms with van der Waals surface area (Å²) < 4.78 is 20.4. The van der Waals surface area contributed by atoms with E-state index in [0.29, 0.717) is 19.0 Å². The first kappa shape index (κ1) is 22.9. The highest BCUT2D eigenvalue weighted by Crippen LogP contribution is 2.28. The van der Waals surface area contributed by atoms with Gasteiger partial charge in [-0.25, -0.2) is 13.9 Å². The van der Waals surface area contributed by atoms with Crippen molar-refractivity contribution in [3.63, 3.8) is 0 Å². The molecule has 33 heavy (non-hydrogen) atoms. The van der Waals surface area contributed by atoms with Gasteiger partial charge in [0.15, 0.2) is 0 Å². The molecule has 4 rings (SSSR count). The van der Waals surface area contributed by atoms with Crippen LogP contribution in [0.4, 0.5) is 15.0 Å². The summed E-state index contributed by atoms with van der Waals surface area (Å²) in [5.41, 5.74) is 3.64. The number of methoxy groups -OCH3 is 1. The minimum atomic E-state index is -0.291. The minimum absolute atomic E-state index is 0.0510. The third-order valence-corrected chi connectivity index (χ3v) is 6.21. The number of halogens is 1. The molecule has 0 unspecified atom stereocenters. The number of para-hydroxylation sites is 1. The fourth-order valence-corrected chi connectivity index (χ4v) is 4.30. The summed E-state index contributed by atoms with van der Waals surface area (Å²) in [7, 11) is 1.68. The van der Waals surface area contributed by atoms with E-state index in [1.165, 1.54) is 12.1 Å². The number of ether oxygens (including phenoxy) is 1. The lowest BCUT2D eigenvalue weighted by Crippen LogP contribution is -2.42. The number of hydrogen-bond donors (Lipinski definition) is 2. The number of aromatic nitrogens is 2. The van der Waals surface area contributed by atoms with Crippen molar-refractivity contribution in [3.05, 3.63) is 77.2 Å². The van der Waals surface area contributed by atoms with Crippen LogP contribution in [0, 0.1) is 19.7 Å². The maximum Gasteiger partial charge on any atom is 0.320 e. The molecule has 1 aliphatic heterocycles. The molecular formula is C25H30FN5O2. The predicted molar refractivity (Wildman–Crippen MR) is 126 cm³/mol. The SMILES string of the molecule is COCCN1C[C@@H](NC(=O)Nc2c(C)c(C)nn2-c2ccccc2)[C@H](c2ccc(F)cc2)C1. The molecule has 3 aromatic rings. The smallest absolute Gasteiger partial charge is 0.320 e. The number of carbonyl (C=O) groups is 1. The third-order valence-electron chi connectivity index (χ3n) is 6.21. The Morgan fingerprint density at radius 3 is 2.55 bits per heavy atom. The standard InChI is InChI=1S/C25H30FN5O2/c1-17-18(2)29-31(21-7-5-4-6-8-21)24(17)28-25(32)27-23-16-30(13-14-33-3)15-22(23)19-9-11-20(26)12-10-19/h4-12,22-23H,13-16H2,1-3H3,(H2,27,28,32)/t22-,23+/m0/s1. The number of likely N-dealkylation sites (tertiary alicyclic amines) is 1. The molecule has 7 nitrogen and oxygen atoms in total. The zero-order chi connectivity index (χ0) is 23.4. The molecule has 1 aliphatic rings. The van der Waals surface area contributed by atoms with Gasteiger partial charge in [0.1, 0.15) is 11.6 Å². The van der Waals surface area contributed by atoms with E-state index in [2.05, 4.69) is 20.6 Å². The molecule has 2 heterocycles. The van der Waals surface area contributed by atoms with Crippen LogP contribution in [0.2, 0.25) is 0 Å². The van der Waals surface area contributed by atoms with E-state index in [0.717, 1.165) is 35.6 Å². The number of urea groups is 1. The lowest BCUT2D eigenvalue weighted by atomic mass is 9.94. The van der Waals surface area contributed by atoms with Crippen LogP contribution in [-0.4, -0.2) is 60.1 Å². The van der Waals surface area contributed by atoms with Gasteiger partial charge in [-0.1, -0.05) is 30.3 Å². The minimum Gasteiger partial charge on any atom is -0.383 e. The molecule has 0 bridgehead atoms. The number of aryl methyl sites for hydroxylation is 1. The van der Waals surface area contributed by atoms with E-state index in [9.17, 15) is 9.18 Å². The molecule has 0 aliphatic carbocycles. The van der Waals surface area contributed by atoms with Crippen LogP contribution < -0.4 is 10.6 Å². The molecule has 2 atom stereocenters. The van der Waals surface area contributed by atoms with Crippen molar-refractivity contribution in [2.45, 2.75) is 25.8 Å². The van der Waals surface area contributed by atoms with E-state index < -0.39 is 0 Å². The summed E-state index contributed by atoms with van der Waals surface area (Å²) in [6, 6.07) is 15.8. The van der Waals surface area contributed by atoms with Crippen molar-refractivity contribution in [1.29, 1.82) is 0 Å². The normalized spacial score (nSPS) is 18.4. The van der Waals surface area contributed by atoms with Gasteiger partial charge in [0.05, 0.1) is 24.0 Å². The van der Waals surface area contributed by atoms with Crippen LogP contribution in [-0.2, 0) is 4.74 Å². The Morgan fingerprint density at radius 1 is 1.12 bits per heavy atom. The monoisotopic (exact) mass is 451 g/mol. The van der Waals surface area contributed by atoms with Gasteiger partial charge in [-0.05, 0) is 43.7 Å². The average Bonchev–Trinajstić information content (AvgIpc) is 3.34. The van der Waals surface area contributed by atoms with Crippen molar-refractivity contribution in [1.82, 2.24) is 20.0 Å². The van der Waals surface area contributed by atoms with E-state index in [1.807, 2.05) is 44.2 Å². The first-order chi connectivity index (χ1) is 16.0.